The number of aromatic nitrogens is 2. The summed E-state index contributed by atoms with van der Waals surface area (Å²) in [7, 11) is 0. The van der Waals surface area contributed by atoms with Crippen molar-refractivity contribution in [3.63, 3.8) is 0 Å². The average molecular weight is 166 g/mol. The van der Waals surface area contributed by atoms with E-state index in [1.807, 2.05) is 28.0 Å². The molecule has 12 heavy (non-hydrogen) atoms. The van der Waals surface area contributed by atoms with Gasteiger partial charge in [-0.2, -0.15) is 0 Å². The summed E-state index contributed by atoms with van der Waals surface area (Å²) in [5, 5.41) is 0. The van der Waals surface area contributed by atoms with Gasteiger partial charge in [-0.25, -0.2) is 4.57 Å². The summed E-state index contributed by atoms with van der Waals surface area (Å²) in [5.74, 6) is 0. The zero-order valence-electron chi connectivity index (χ0n) is 7.53. The average Bonchev–Trinajstić information content (AvgIpc) is 2.53. The van der Waals surface area contributed by atoms with Crippen molar-refractivity contribution < 1.29 is 4.57 Å². The van der Waals surface area contributed by atoms with Crippen molar-refractivity contribution in [1.82, 2.24) is 4.68 Å². The number of nitrogens with zero attached hydrogens (tertiary/aromatic N) is 2. The SMILES string of the molecule is C=C[n+]1ccn(NCCCC)c1. The van der Waals surface area contributed by atoms with Crippen LogP contribution in [-0.2, 0) is 0 Å². The van der Waals surface area contributed by atoms with Gasteiger partial charge in [-0.15, -0.1) is 4.68 Å². The van der Waals surface area contributed by atoms with Gasteiger partial charge in [-0.3, -0.25) is 5.43 Å². The number of nitrogens with one attached hydrogen (secondary N) is 1. The van der Waals surface area contributed by atoms with Crippen LogP contribution in [0.3, 0.4) is 0 Å². The van der Waals surface area contributed by atoms with E-state index in [-0.39, 0.29) is 0 Å². The predicted octanol–water partition coefficient (Wildman–Crippen LogP) is 1.22. The fourth-order valence-corrected chi connectivity index (χ4v) is 0.956. The van der Waals surface area contributed by atoms with Crippen LogP contribution in [0.5, 0.6) is 0 Å². The quantitative estimate of drug-likeness (QED) is 0.515. The molecule has 0 fully saturated rings. The van der Waals surface area contributed by atoms with Gasteiger partial charge in [-0.05, 0) is 6.42 Å². The highest BCUT2D eigenvalue weighted by molar-refractivity contribution is 4.95. The summed E-state index contributed by atoms with van der Waals surface area (Å²) in [6, 6.07) is 0. The normalized spacial score (nSPS) is 9.75. The first-order valence-corrected chi connectivity index (χ1v) is 4.32. The molecule has 0 saturated heterocycles. The molecular weight excluding hydrogens is 150 g/mol. The third kappa shape index (κ3) is 2.42. The third-order valence-corrected chi connectivity index (χ3v) is 1.69. The van der Waals surface area contributed by atoms with Crippen LogP contribution >= 0.6 is 0 Å². The third-order valence-electron chi connectivity index (χ3n) is 1.69. The molecule has 0 spiro atoms. The molecule has 1 aromatic rings. The number of imidazole rings is 1. The second-order valence-corrected chi connectivity index (χ2v) is 2.71. The van der Waals surface area contributed by atoms with Crippen molar-refractivity contribution in [2.45, 2.75) is 19.8 Å². The molecule has 0 unspecified atom stereocenters. The summed E-state index contributed by atoms with van der Waals surface area (Å²) in [6.45, 7) is 6.86. The van der Waals surface area contributed by atoms with Gasteiger partial charge in [0, 0.05) is 0 Å². The Morgan fingerprint density at radius 1 is 1.67 bits per heavy atom. The van der Waals surface area contributed by atoms with E-state index in [9.17, 15) is 0 Å². The highest BCUT2D eigenvalue weighted by Gasteiger charge is 1.97. The molecule has 0 amide bonds. The maximum Gasteiger partial charge on any atom is 0.271 e. The van der Waals surface area contributed by atoms with E-state index in [0.29, 0.717) is 0 Å². The van der Waals surface area contributed by atoms with E-state index >= 15 is 0 Å². The van der Waals surface area contributed by atoms with Gasteiger partial charge in [-0.1, -0.05) is 19.9 Å². The van der Waals surface area contributed by atoms with Crippen LogP contribution in [0.15, 0.2) is 25.3 Å². The minimum atomic E-state index is 1.02. The molecule has 0 aliphatic carbocycles. The number of hydrogen-bond donors (Lipinski definition) is 1. The fourth-order valence-electron chi connectivity index (χ4n) is 0.956. The molecule has 0 radical (unpaired) electrons. The van der Waals surface area contributed by atoms with Gasteiger partial charge in [0.1, 0.15) is 6.20 Å². The van der Waals surface area contributed by atoms with Crippen molar-refractivity contribution in [1.29, 1.82) is 0 Å². The predicted molar refractivity (Wildman–Crippen MR) is 50.1 cm³/mol. The second-order valence-electron chi connectivity index (χ2n) is 2.71. The number of rotatable bonds is 5. The molecule has 1 heterocycles. The first-order valence-electron chi connectivity index (χ1n) is 4.32. The molecule has 66 valence electrons. The Labute approximate surface area is 73.3 Å². The monoisotopic (exact) mass is 166 g/mol. The van der Waals surface area contributed by atoms with E-state index < -0.39 is 0 Å². The Kier molecular flexibility index (Phi) is 3.38. The molecule has 0 bridgehead atoms. The van der Waals surface area contributed by atoms with Gasteiger partial charge in [0.05, 0.1) is 12.7 Å². The minimum Gasteiger partial charge on any atom is -0.256 e. The molecule has 3 nitrogen and oxygen atoms in total. The molecule has 1 aromatic heterocycles. The Balaban J connectivity index is 2.36. The topological polar surface area (TPSA) is 20.8 Å². The van der Waals surface area contributed by atoms with Crippen molar-refractivity contribution >= 4 is 6.20 Å². The van der Waals surface area contributed by atoms with Crippen LogP contribution in [-0.4, -0.2) is 11.2 Å². The Morgan fingerprint density at radius 3 is 3.08 bits per heavy atom. The lowest BCUT2D eigenvalue weighted by Gasteiger charge is -1.97. The lowest BCUT2D eigenvalue weighted by molar-refractivity contribution is -0.567. The number of unbranched alkanes of at least 4 members (excludes halogenated alkanes) is 1. The van der Waals surface area contributed by atoms with Crippen molar-refractivity contribution in [2.24, 2.45) is 0 Å². The molecule has 0 saturated carbocycles. The maximum absolute atomic E-state index is 3.66. The van der Waals surface area contributed by atoms with Crippen LogP contribution < -0.4 is 9.99 Å². The lowest BCUT2D eigenvalue weighted by atomic mass is 10.3. The fraction of sp³-hybridized carbons (Fsp3) is 0.444. The molecule has 0 aliphatic rings. The first-order chi connectivity index (χ1) is 5.86. The van der Waals surface area contributed by atoms with Crippen LogP contribution in [0.2, 0.25) is 0 Å². The highest BCUT2D eigenvalue weighted by atomic mass is 15.4. The molecule has 1 N–H and O–H groups in total. The maximum atomic E-state index is 3.66. The van der Waals surface area contributed by atoms with Crippen LogP contribution in [0, 0.1) is 0 Å². The Bertz CT molecular complexity index is 240. The second kappa shape index (κ2) is 4.59. The molecule has 3 heteroatoms. The van der Waals surface area contributed by atoms with Gasteiger partial charge in [0.2, 0.25) is 0 Å². The largest absolute Gasteiger partial charge is 0.271 e. The molecule has 0 atom stereocenters. The van der Waals surface area contributed by atoms with E-state index in [1.54, 1.807) is 6.20 Å². The standard InChI is InChI=1S/C9H16N3/c1-3-5-6-10-12-8-7-11(4-2)9-12/h4,7-10H,2-3,5-6H2,1H3/q+1. The summed E-state index contributed by atoms with van der Waals surface area (Å²) in [5.41, 5.74) is 3.25. The molecule has 0 aromatic carbocycles. The van der Waals surface area contributed by atoms with Gasteiger partial charge >= 0.3 is 0 Å². The zero-order chi connectivity index (χ0) is 8.81. The van der Waals surface area contributed by atoms with Crippen LogP contribution in [0.25, 0.3) is 6.20 Å². The van der Waals surface area contributed by atoms with Gasteiger partial charge in [0.25, 0.3) is 6.33 Å². The van der Waals surface area contributed by atoms with Crippen LogP contribution in [0.1, 0.15) is 19.8 Å². The molecule has 1 rings (SSSR count). The van der Waals surface area contributed by atoms with E-state index in [4.69, 9.17) is 0 Å². The van der Waals surface area contributed by atoms with E-state index in [2.05, 4.69) is 18.9 Å². The minimum absolute atomic E-state index is 1.02. The molecular formula is C9H16N3+. The number of hydrogen-bond acceptors (Lipinski definition) is 1. The van der Waals surface area contributed by atoms with Crippen LogP contribution in [0.4, 0.5) is 0 Å². The van der Waals surface area contributed by atoms with Gasteiger partial charge in [0.15, 0.2) is 6.20 Å². The highest BCUT2D eigenvalue weighted by Crippen LogP contribution is 1.85. The van der Waals surface area contributed by atoms with Gasteiger partial charge < -0.3 is 0 Å². The first kappa shape index (κ1) is 8.84. The van der Waals surface area contributed by atoms with Crippen molar-refractivity contribution in [3.05, 3.63) is 25.3 Å². The zero-order valence-corrected chi connectivity index (χ0v) is 7.53. The Morgan fingerprint density at radius 2 is 2.50 bits per heavy atom. The van der Waals surface area contributed by atoms with Crippen molar-refractivity contribution in [3.8, 4) is 0 Å². The lowest BCUT2D eigenvalue weighted by Crippen LogP contribution is -2.23. The summed E-state index contributed by atoms with van der Waals surface area (Å²) in [4.78, 5) is 0. The Hall–Kier alpha value is -1.25. The summed E-state index contributed by atoms with van der Waals surface area (Å²) < 4.78 is 3.84. The smallest absolute Gasteiger partial charge is 0.256 e. The van der Waals surface area contributed by atoms with E-state index in [1.165, 1.54) is 12.8 Å². The van der Waals surface area contributed by atoms with Crippen molar-refractivity contribution in [2.75, 3.05) is 12.0 Å². The molecule has 0 aliphatic heterocycles. The summed E-state index contributed by atoms with van der Waals surface area (Å²) in [6.07, 6.45) is 10.0. The summed E-state index contributed by atoms with van der Waals surface area (Å²) >= 11 is 0. The van der Waals surface area contributed by atoms with E-state index in [0.717, 1.165) is 6.54 Å².